The molecular formula is C12H12F4N2O3. The van der Waals surface area contributed by atoms with Gasteiger partial charge >= 0.3 is 18.2 Å². The van der Waals surface area contributed by atoms with Crippen LogP contribution < -0.4 is 10.6 Å². The van der Waals surface area contributed by atoms with Crippen molar-refractivity contribution in [2.24, 2.45) is 0 Å². The van der Waals surface area contributed by atoms with E-state index in [2.05, 4.69) is 5.32 Å². The van der Waals surface area contributed by atoms with Gasteiger partial charge in [0.15, 0.2) is 0 Å². The number of carbonyl (C=O) groups excluding carboxylic acids is 1. The summed E-state index contributed by atoms with van der Waals surface area (Å²) in [7, 11) is 0. The van der Waals surface area contributed by atoms with E-state index in [0.717, 1.165) is 12.1 Å². The van der Waals surface area contributed by atoms with E-state index < -0.39 is 29.5 Å². The quantitative estimate of drug-likeness (QED) is 0.745. The first-order chi connectivity index (χ1) is 9.56. The van der Waals surface area contributed by atoms with Crippen molar-refractivity contribution >= 4 is 12.0 Å². The van der Waals surface area contributed by atoms with E-state index in [0.29, 0.717) is 12.5 Å². The summed E-state index contributed by atoms with van der Waals surface area (Å²) in [5.74, 6) is -2.73. The van der Waals surface area contributed by atoms with Gasteiger partial charge in [-0.3, -0.25) is 0 Å². The number of benzene rings is 1. The number of rotatable bonds is 4. The molecule has 0 aliphatic heterocycles. The van der Waals surface area contributed by atoms with E-state index in [1.807, 2.05) is 0 Å². The molecule has 0 aromatic heterocycles. The molecule has 1 aromatic rings. The number of carbonyl (C=O) groups is 2. The van der Waals surface area contributed by atoms with Gasteiger partial charge in [0.2, 0.25) is 5.54 Å². The van der Waals surface area contributed by atoms with E-state index in [1.165, 1.54) is 17.4 Å². The molecule has 9 heteroatoms. The molecule has 3 N–H and O–H groups in total. The molecule has 0 fully saturated rings. The molecule has 0 spiro atoms. The van der Waals surface area contributed by atoms with Gasteiger partial charge in [0.05, 0.1) is 0 Å². The Morgan fingerprint density at radius 3 is 2.14 bits per heavy atom. The summed E-state index contributed by atoms with van der Waals surface area (Å²) < 4.78 is 50.6. The summed E-state index contributed by atoms with van der Waals surface area (Å²) >= 11 is 0. The van der Waals surface area contributed by atoms with Crippen LogP contribution in [0.3, 0.4) is 0 Å². The van der Waals surface area contributed by atoms with Crippen molar-refractivity contribution in [2.45, 2.75) is 25.2 Å². The molecule has 1 atom stereocenters. The van der Waals surface area contributed by atoms with E-state index in [9.17, 15) is 27.2 Å². The maximum absolute atomic E-state index is 12.7. The SMILES string of the molecule is CC(NC(=O)NCc1ccc(F)cc1)(C(=O)O)C(F)(F)F. The van der Waals surface area contributed by atoms with Gasteiger partial charge in [-0.1, -0.05) is 12.1 Å². The Morgan fingerprint density at radius 2 is 1.71 bits per heavy atom. The zero-order valence-electron chi connectivity index (χ0n) is 10.8. The first kappa shape index (κ1) is 16.7. The fraction of sp³-hybridized carbons (Fsp3) is 0.333. The van der Waals surface area contributed by atoms with Crippen LogP contribution in [-0.2, 0) is 11.3 Å². The topological polar surface area (TPSA) is 78.4 Å². The molecule has 0 radical (unpaired) electrons. The van der Waals surface area contributed by atoms with Gasteiger partial charge in [0, 0.05) is 6.54 Å². The fourth-order valence-electron chi connectivity index (χ4n) is 1.30. The van der Waals surface area contributed by atoms with Gasteiger partial charge in [-0.05, 0) is 24.6 Å². The van der Waals surface area contributed by atoms with Crippen LogP contribution in [0, 0.1) is 5.82 Å². The van der Waals surface area contributed by atoms with Crippen molar-refractivity contribution in [3.05, 3.63) is 35.6 Å². The van der Waals surface area contributed by atoms with Gasteiger partial charge < -0.3 is 15.7 Å². The van der Waals surface area contributed by atoms with Crippen molar-refractivity contribution in [1.82, 2.24) is 10.6 Å². The summed E-state index contributed by atoms with van der Waals surface area (Å²) in [6.07, 6.45) is -5.16. The third kappa shape index (κ3) is 4.07. The van der Waals surface area contributed by atoms with Crippen molar-refractivity contribution < 1.29 is 32.3 Å². The van der Waals surface area contributed by atoms with Crippen LogP contribution in [0.25, 0.3) is 0 Å². The minimum atomic E-state index is -5.16. The largest absolute Gasteiger partial charge is 0.479 e. The predicted octanol–water partition coefficient (Wildman–Crippen LogP) is 2.03. The van der Waals surface area contributed by atoms with E-state index in [4.69, 9.17) is 5.11 Å². The zero-order valence-corrected chi connectivity index (χ0v) is 10.8. The number of hydrogen-bond donors (Lipinski definition) is 3. The van der Waals surface area contributed by atoms with Crippen LogP contribution in [-0.4, -0.2) is 28.8 Å². The van der Waals surface area contributed by atoms with Crippen LogP contribution >= 0.6 is 0 Å². The number of carboxylic acid groups (broad SMARTS) is 1. The Labute approximate surface area is 117 Å². The molecule has 0 saturated carbocycles. The minimum Gasteiger partial charge on any atom is -0.479 e. The molecule has 1 rings (SSSR count). The maximum atomic E-state index is 12.7. The third-order valence-corrected chi connectivity index (χ3v) is 2.72. The zero-order chi connectivity index (χ0) is 16.3. The second-order valence-corrected chi connectivity index (χ2v) is 4.36. The van der Waals surface area contributed by atoms with Gasteiger partial charge in [0.1, 0.15) is 5.82 Å². The highest BCUT2D eigenvalue weighted by Gasteiger charge is 2.58. The summed E-state index contributed by atoms with van der Waals surface area (Å²) in [5.41, 5.74) is -2.96. The van der Waals surface area contributed by atoms with E-state index >= 15 is 0 Å². The Bertz CT molecular complexity index is 530. The second kappa shape index (κ2) is 5.98. The summed E-state index contributed by atoms with van der Waals surface area (Å²) in [5, 5.41) is 12.1. The number of aliphatic carboxylic acids is 1. The normalized spacial score (nSPS) is 14.1. The lowest BCUT2D eigenvalue weighted by atomic mass is 10.0. The monoisotopic (exact) mass is 308 g/mol. The standard InChI is InChI=1S/C12H12F4N2O3/c1-11(9(19)20,12(14,15)16)18-10(21)17-6-7-2-4-8(13)5-3-7/h2-5H,6H2,1H3,(H,19,20)(H2,17,18,21). The average Bonchev–Trinajstić information content (AvgIpc) is 2.36. The molecule has 1 unspecified atom stereocenters. The third-order valence-electron chi connectivity index (χ3n) is 2.72. The number of carboxylic acids is 1. The molecular weight excluding hydrogens is 296 g/mol. The summed E-state index contributed by atoms with van der Waals surface area (Å²) in [6.45, 7) is 0.159. The van der Waals surface area contributed by atoms with Crippen LogP contribution in [0.4, 0.5) is 22.4 Å². The van der Waals surface area contributed by atoms with E-state index in [-0.39, 0.29) is 6.54 Å². The molecule has 0 saturated heterocycles. The molecule has 0 heterocycles. The van der Waals surface area contributed by atoms with Crippen molar-refractivity contribution in [3.8, 4) is 0 Å². The Kier molecular flexibility index (Phi) is 4.77. The number of amides is 2. The van der Waals surface area contributed by atoms with Crippen molar-refractivity contribution in [3.63, 3.8) is 0 Å². The molecule has 1 aromatic carbocycles. The Hall–Kier alpha value is -2.32. The fourth-order valence-corrected chi connectivity index (χ4v) is 1.30. The summed E-state index contributed by atoms with van der Waals surface area (Å²) in [6, 6.07) is 3.59. The minimum absolute atomic E-state index is 0.181. The molecule has 0 aliphatic carbocycles. The second-order valence-electron chi connectivity index (χ2n) is 4.36. The smallest absolute Gasteiger partial charge is 0.422 e. The first-order valence-electron chi connectivity index (χ1n) is 5.67. The van der Waals surface area contributed by atoms with Crippen LogP contribution in [0.15, 0.2) is 24.3 Å². The number of alkyl halides is 3. The number of urea groups is 1. The summed E-state index contributed by atoms with van der Waals surface area (Å²) in [4.78, 5) is 22.1. The number of nitrogens with one attached hydrogen (secondary N) is 2. The van der Waals surface area contributed by atoms with Crippen LogP contribution in [0.5, 0.6) is 0 Å². The lowest BCUT2D eigenvalue weighted by Gasteiger charge is -2.28. The lowest BCUT2D eigenvalue weighted by Crippen LogP contribution is -2.63. The van der Waals surface area contributed by atoms with Gasteiger partial charge in [0.25, 0.3) is 0 Å². The van der Waals surface area contributed by atoms with Crippen molar-refractivity contribution in [1.29, 1.82) is 0 Å². The van der Waals surface area contributed by atoms with Crippen molar-refractivity contribution in [2.75, 3.05) is 0 Å². The molecule has 116 valence electrons. The highest BCUT2D eigenvalue weighted by Crippen LogP contribution is 2.30. The molecule has 21 heavy (non-hydrogen) atoms. The average molecular weight is 308 g/mol. The highest BCUT2D eigenvalue weighted by molar-refractivity contribution is 5.86. The van der Waals surface area contributed by atoms with Gasteiger partial charge in [-0.25, -0.2) is 14.0 Å². The van der Waals surface area contributed by atoms with Gasteiger partial charge in [-0.15, -0.1) is 0 Å². The molecule has 5 nitrogen and oxygen atoms in total. The number of halogens is 4. The first-order valence-corrected chi connectivity index (χ1v) is 5.67. The van der Waals surface area contributed by atoms with Crippen LogP contribution in [0.2, 0.25) is 0 Å². The van der Waals surface area contributed by atoms with Crippen LogP contribution in [0.1, 0.15) is 12.5 Å². The number of hydrogen-bond acceptors (Lipinski definition) is 2. The molecule has 0 bridgehead atoms. The Balaban J connectivity index is 2.67. The lowest BCUT2D eigenvalue weighted by molar-refractivity contribution is -0.203. The highest BCUT2D eigenvalue weighted by atomic mass is 19.4. The molecule has 0 aliphatic rings. The Morgan fingerprint density at radius 1 is 1.19 bits per heavy atom. The molecule has 2 amide bonds. The van der Waals surface area contributed by atoms with Gasteiger partial charge in [-0.2, -0.15) is 13.2 Å². The maximum Gasteiger partial charge on any atom is 0.422 e. The predicted molar refractivity (Wildman–Crippen MR) is 63.9 cm³/mol. The van der Waals surface area contributed by atoms with E-state index in [1.54, 1.807) is 0 Å².